The fourth-order valence-corrected chi connectivity index (χ4v) is 2.59. The molecule has 0 atom stereocenters. The lowest BCUT2D eigenvalue weighted by atomic mass is 9.75. The van der Waals surface area contributed by atoms with Crippen molar-refractivity contribution < 1.29 is 0 Å². The topological polar surface area (TPSA) is 12.0 Å². The van der Waals surface area contributed by atoms with Gasteiger partial charge in [-0.2, -0.15) is 0 Å². The third-order valence-electron chi connectivity index (χ3n) is 4.36. The SMILES string of the molecule is CCCNCC(CC)(CC)c1ccc(C)c(C)c1. The Bertz CT molecular complexity index is 364. The van der Waals surface area contributed by atoms with Crippen molar-refractivity contribution in [1.82, 2.24) is 5.32 Å². The second kappa shape index (κ2) is 6.94. The van der Waals surface area contributed by atoms with Crippen LogP contribution >= 0.6 is 0 Å². The van der Waals surface area contributed by atoms with Crippen molar-refractivity contribution in [3.63, 3.8) is 0 Å². The van der Waals surface area contributed by atoms with Crippen LogP contribution in [0.1, 0.15) is 56.7 Å². The van der Waals surface area contributed by atoms with Crippen LogP contribution < -0.4 is 5.32 Å². The number of rotatable bonds is 7. The molecule has 1 aromatic carbocycles. The highest BCUT2D eigenvalue weighted by Gasteiger charge is 2.28. The maximum absolute atomic E-state index is 3.61. The lowest BCUT2D eigenvalue weighted by Gasteiger charge is -2.33. The molecule has 0 aliphatic carbocycles. The summed E-state index contributed by atoms with van der Waals surface area (Å²) in [5.74, 6) is 0. The first kappa shape index (κ1) is 15.2. The van der Waals surface area contributed by atoms with E-state index in [0.717, 1.165) is 13.1 Å². The molecular formula is C17H29N. The number of hydrogen-bond acceptors (Lipinski definition) is 1. The second-order valence-corrected chi connectivity index (χ2v) is 5.46. The maximum atomic E-state index is 3.61. The Morgan fingerprint density at radius 1 is 1.00 bits per heavy atom. The summed E-state index contributed by atoms with van der Waals surface area (Å²) in [6, 6.07) is 6.98. The van der Waals surface area contributed by atoms with E-state index >= 15 is 0 Å². The normalized spacial score (nSPS) is 11.8. The second-order valence-electron chi connectivity index (χ2n) is 5.46. The van der Waals surface area contributed by atoms with Crippen LogP contribution in [0.3, 0.4) is 0 Å². The first-order chi connectivity index (χ1) is 8.59. The molecule has 1 heteroatoms. The van der Waals surface area contributed by atoms with E-state index in [1.165, 1.54) is 36.0 Å². The molecule has 0 aliphatic heterocycles. The molecule has 0 aliphatic rings. The van der Waals surface area contributed by atoms with E-state index in [2.05, 4.69) is 58.1 Å². The third kappa shape index (κ3) is 3.35. The lowest BCUT2D eigenvalue weighted by molar-refractivity contribution is 0.368. The van der Waals surface area contributed by atoms with Crippen molar-refractivity contribution in [2.45, 2.75) is 59.3 Å². The molecule has 102 valence electrons. The first-order valence-corrected chi connectivity index (χ1v) is 7.38. The summed E-state index contributed by atoms with van der Waals surface area (Å²) in [6.07, 6.45) is 3.60. The molecule has 0 amide bonds. The average molecular weight is 247 g/mol. The quantitative estimate of drug-likeness (QED) is 0.706. The van der Waals surface area contributed by atoms with Gasteiger partial charge in [-0.1, -0.05) is 39.0 Å². The van der Waals surface area contributed by atoms with Gasteiger partial charge in [0, 0.05) is 12.0 Å². The Balaban J connectivity index is 2.97. The predicted molar refractivity (Wildman–Crippen MR) is 81.3 cm³/mol. The molecule has 0 bridgehead atoms. The van der Waals surface area contributed by atoms with Crippen molar-refractivity contribution >= 4 is 0 Å². The van der Waals surface area contributed by atoms with E-state index in [9.17, 15) is 0 Å². The van der Waals surface area contributed by atoms with Crippen molar-refractivity contribution in [2.24, 2.45) is 0 Å². The zero-order valence-corrected chi connectivity index (χ0v) is 12.8. The van der Waals surface area contributed by atoms with Crippen LogP contribution in [-0.2, 0) is 5.41 Å². The summed E-state index contributed by atoms with van der Waals surface area (Å²) in [5.41, 5.74) is 4.60. The summed E-state index contributed by atoms with van der Waals surface area (Å²) >= 11 is 0. The van der Waals surface area contributed by atoms with Crippen LogP contribution in [0.4, 0.5) is 0 Å². The van der Waals surface area contributed by atoms with Crippen LogP contribution in [0.5, 0.6) is 0 Å². The minimum atomic E-state index is 0.299. The summed E-state index contributed by atoms with van der Waals surface area (Å²) in [4.78, 5) is 0. The minimum absolute atomic E-state index is 0.299. The lowest BCUT2D eigenvalue weighted by Crippen LogP contribution is -2.37. The van der Waals surface area contributed by atoms with Crippen LogP contribution in [0, 0.1) is 13.8 Å². The Morgan fingerprint density at radius 3 is 2.17 bits per heavy atom. The standard InChI is InChI=1S/C17H29N/c1-6-11-18-13-17(7-2,8-3)16-10-9-14(4)15(5)12-16/h9-10,12,18H,6-8,11,13H2,1-5H3. The zero-order chi connectivity index (χ0) is 13.6. The molecule has 0 saturated carbocycles. The molecular weight excluding hydrogens is 218 g/mol. The summed E-state index contributed by atoms with van der Waals surface area (Å²) < 4.78 is 0. The Hall–Kier alpha value is -0.820. The zero-order valence-electron chi connectivity index (χ0n) is 12.8. The van der Waals surface area contributed by atoms with Gasteiger partial charge in [-0.05, 0) is 56.3 Å². The van der Waals surface area contributed by atoms with E-state index in [-0.39, 0.29) is 0 Å². The van der Waals surface area contributed by atoms with Crippen LogP contribution in [0.25, 0.3) is 0 Å². The molecule has 1 N–H and O–H groups in total. The highest BCUT2D eigenvalue weighted by molar-refractivity contribution is 5.35. The molecule has 0 radical (unpaired) electrons. The highest BCUT2D eigenvalue weighted by Crippen LogP contribution is 2.32. The number of benzene rings is 1. The molecule has 0 saturated heterocycles. The molecule has 1 aromatic rings. The van der Waals surface area contributed by atoms with Gasteiger partial charge in [-0.25, -0.2) is 0 Å². The Kier molecular flexibility index (Phi) is 5.87. The molecule has 0 fully saturated rings. The number of hydrogen-bond donors (Lipinski definition) is 1. The van der Waals surface area contributed by atoms with Crippen LogP contribution in [0.15, 0.2) is 18.2 Å². The van der Waals surface area contributed by atoms with Crippen LogP contribution in [0.2, 0.25) is 0 Å². The molecule has 18 heavy (non-hydrogen) atoms. The van der Waals surface area contributed by atoms with Crippen molar-refractivity contribution in [2.75, 3.05) is 13.1 Å². The molecule has 0 aromatic heterocycles. The van der Waals surface area contributed by atoms with E-state index in [4.69, 9.17) is 0 Å². The third-order valence-corrected chi connectivity index (χ3v) is 4.36. The predicted octanol–water partition coefficient (Wildman–Crippen LogP) is 4.36. The van der Waals surface area contributed by atoms with Gasteiger partial charge in [0.1, 0.15) is 0 Å². The molecule has 1 rings (SSSR count). The maximum Gasteiger partial charge on any atom is 0.00726 e. The number of aryl methyl sites for hydroxylation is 2. The fraction of sp³-hybridized carbons (Fsp3) is 0.647. The van der Waals surface area contributed by atoms with Crippen LogP contribution in [-0.4, -0.2) is 13.1 Å². The molecule has 0 heterocycles. The molecule has 0 spiro atoms. The van der Waals surface area contributed by atoms with E-state index in [0.29, 0.717) is 5.41 Å². The van der Waals surface area contributed by atoms with E-state index in [1.54, 1.807) is 0 Å². The van der Waals surface area contributed by atoms with Gasteiger partial charge in [0.25, 0.3) is 0 Å². The Labute approximate surface area is 113 Å². The smallest absolute Gasteiger partial charge is 0.00726 e. The van der Waals surface area contributed by atoms with Crippen molar-refractivity contribution in [3.8, 4) is 0 Å². The summed E-state index contributed by atoms with van der Waals surface area (Å²) in [6.45, 7) is 13.5. The molecule has 0 unspecified atom stereocenters. The number of nitrogens with one attached hydrogen (secondary N) is 1. The fourth-order valence-electron chi connectivity index (χ4n) is 2.59. The van der Waals surface area contributed by atoms with Gasteiger partial charge in [0.05, 0.1) is 0 Å². The van der Waals surface area contributed by atoms with E-state index < -0.39 is 0 Å². The summed E-state index contributed by atoms with van der Waals surface area (Å²) in [5, 5.41) is 3.61. The van der Waals surface area contributed by atoms with Gasteiger partial charge >= 0.3 is 0 Å². The summed E-state index contributed by atoms with van der Waals surface area (Å²) in [7, 11) is 0. The van der Waals surface area contributed by atoms with Gasteiger partial charge in [0.15, 0.2) is 0 Å². The molecule has 1 nitrogen and oxygen atoms in total. The van der Waals surface area contributed by atoms with E-state index in [1.807, 2.05) is 0 Å². The first-order valence-electron chi connectivity index (χ1n) is 7.38. The largest absolute Gasteiger partial charge is 0.316 e. The Morgan fingerprint density at radius 2 is 1.67 bits per heavy atom. The van der Waals surface area contributed by atoms with Gasteiger partial charge < -0.3 is 5.32 Å². The van der Waals surface area contributed by atoms with Gasteiger partial charge in [-0.15, -0.1) is 0 Å². The van der Waals surface area contributed by atoms with Crippen molar-refractivity contribution in [1.29, 1.82) is 0 Å². The van der Waals surface area contributed by atoms with Crippen molar-refractivity contribution in [3.05, 3.63) is 34.9 Å². The average Bonchev–Trinajstić information content (AvgIpc) is 2.39. The van der Waals surface area contributed by atoms with Gasteiger partial charge in [0.2, 0.25) is 0 Å². The minimum Gasteiger partial charge on any atom is -0.316 e. The monoisotopic (exact) mass is 247 g/mol. The van der Waals surface area contributed by atoms with Gasteiger partial charge in [-0.3, -0.25) is 0 Å². The highest BCUT2D eigenvalue weighted by atomic mass is 14.9.